The minimum atomic E-state index is -0.718. The molecule has 1 aliphatic rings. The second-order valence-electron chi connectivity index (χ2n) is 4.40. The molecule has 0 atom stereocenters. The van der Waals surface area contributed by atoms with Crippen LogP contribution < -0.4 is 11.1 Å². The summed E-state index contributed by atoms with van der Waals surface area (Å²) in [5.41, 5.74) is 4.91. The number of amides is 1. The smallest absolute Gasteiger partial charge is 0.232 e. The minimum absolute atomic E-state index is 0.0653. The van der Waals surface area contributed by atoms with Gasteiger partial charge in [0.25, 0.3) is 0 Å². The molecule has 1 aliphatic heterocycles. The summed E-state index contributed by atoms with van der Waals surface area (Å²) in [6.45, 7) is 0.635. The number of hydrogen-bond donors (Lipinski definition) is 2. The van der Waals surface area contributed by atoms with Crippen LogP contribution in [-0.4, -0.2) is 25.7 Å². The van der Waals surface area contributed by atoms with Crippen molar-refractivity contribution in [3.63, 3.8) is 0 Å². The van der Waals surface area contributed by atoms with Gasteiger partial charge in [-0.3, -0.25) is 4.79 Å². The van der Waals surface area contributed by atoms with E-state index in [2.05, 4.69) is 5.32 Å². The van der Waals surface area contributed by atoms with Crippen LogP contribution in [0.3, 0.4) is 0 Å². The highest BCUT2D eigenvalue weighted by Crippen LogP contribution is 2.26. The van der Waals surface area contributed by atoms with Crippen molar-refractivity contribution in [3.05, 3.63) is 35.4 Å². The Hall–Kier alpha value is -1.53. The Kier molecular flexibility index (Phi) is 3.58. The van der Waals surface area contributed by atoms with Gasteiger partial charge in [0.15, 0.2) is 0 Å². The van der Waals surface area contributed by atoms with Crippen LogP contribution >= 0.6 is 0 Å². The number of halogens is 2. The number of benzene rings is 1. The molecular weight excluding hydrogens is 242 g/mol. The monoisotopic (exact) mass is 256 g/mol. The first-order chi connectivity index (χ1) is 8.57. The summed E-state index contributed by atoms with van der Waals surface area (Å²) in [5, 5.41) is 2.56. The number of carbonyl (C=O) groups is 1. The lowest BCUT2D eigenvalue weighted by molar-refractivity contribution is -0.159. The number of carbonyl (C=O) groups excluding carboxylic acids is 1. The number of hydrogen-bond acceptors (Lipinski definition) is 3. The Morgan fingerprint density at radius 3 is 2.72 bits per heavy atom. The van der Waals surface area contributed by atoms with E-state index in [4.69, 9.17) is 10.5 Å². The largest absolute Gasteiger partial charge is 0.379 e. The predicted molar refractivity (Wildman–Crippen MR) is 60.5 cm³/mol. The molecule has 0 bridgehead atoms. The molecule has 1 saturated heterocycles. The fourth-order valence-electron chi connectivity index (χ4n) is 1.73. The maximum atomic E-state index is 13.3. The van der Waals surface area contributed by atoms with Crippen molar-refractivity contribution >= 4 is 5.91 Å². The molecule has 1 aromatic rings. The van der Waals surface area contributed by atoms with Crippen molar-refractivity contribution < 1.29 is 18.3 Å². The van der Waals surface area contributed by atoms with Gasteiger partial charge >= 0.3 is 0 Å². The maximum Gasteiger partial charge on any atom is 0.232 e. The molecule has 0 aliphatic carbocycles. The van der Waals surface area contributed by atoms with Gasteiger partial charge < -0.3 is 15.8 Å². The van der Waals surface area contributed by atoms with Crippen molar-refractivity contribution in [1.82, 2.24) is 5.32 Å². The zero-order chi connectivity index (χ0) is 13.2. The number of nitrogens with two attached hydrogens (primary N) is 1. The third kappa shape index (κ3) is 2.34. The van der Waals surface area contributed by atoms with E-state index < -0.39 is 17.0 Å². The highest BCUT2D eigenvalue weighted by molar-refractivity contribution is 5.84. The molecule has 0 spiro atoms. The van der Waals surface area contributed by atoms with Gasteiger partial charge in [-0.1, -0.05) is 0 Å². The molecule has 1 fully saturated rings. The van der Waals surface area contributed by atoms with Crippen LogP contribution in [0.5, 0.6) is 0 Å². The van der Waals surface area contributed by atoms with Crippen LogP contribution in [0.2, 0.25) is 0 Å². The maximum absolute atomic E-state index is 13.3. The minimum Gasteiger partial charge on any atom is -0.379 e. The molecule has 0 aromatic heterocycles. The van der Waals surface area contributed by atoms with Crippen LogP contribution in [0.25, 0.3) is 0 Å². The Labute approximate surface area is 103 Å². The van der Waals surface area contributed by atoms with Gasteiger partial charge in [-0.25, -0.2) is 8.78 Å². The summed E-state index contributed by atoms with van der Waals surface area (Å²) >= 11 is 0. The van der Waals surface area contributed by atoms with Gasteiger partial charge in [-0.15, -0.1) is 0 Å². The van der Waals surface area contributed by atoms with Crippen molar-refractivity contribution in [2.75, 3.05) is 19.8 Å². The standard InChI is InChI=1S/C12H14F2N2O2/c13-9-1-2-10(14)8(3-9)4-16-11(17)12(5-15)6-18-7-12/h1-3H,4-7,15H2,(H,16,17). The van der Waals surface area contributed by atoms with Crippen LogP contribution in [0.15, 0.2) is 18.2 Å². The third-order valence-corrected chi connectivity index (χ3v) is 3.08. The van der Waals surface area contributed by atoms with Crippen molar-refractivity contribution in [2.45, 2.75) is 6.54 Å². The fourth-order valence-corrected chi connectivity index (χ4v) is 1.73. The third-order valence-electron chi connectivity index (χ3n) is 3.08. The molecular formula is C12H14F2N2O2. The Morgan fingerprint density at radius 1 is 1.44 bits per heavy atom. The lowest BCUT2D eigenvalue weighted by atomic mass is 9.85. The zero-order valence-electron chi connectivity index (χ0n) is 9.71. The topological polar surface area (TPSA) is 64.4 Å². The van der Waals surface area contributed by atoms with Crippen LogP contribution in [0.1, 0.15) is 5.56 Å². The van der Waals surface area contributed by atoms with Gasteiger partial charge in [0.05, 0.1) is 13.2 Å². The molecule has 1 amide bonds. The summed E-state index contributed by atoms with van der Waals surface area (Å²) in [4.78, 5) is 11.9. The first-order valence-corrected chi connectivity index (χ1v) is 5.57. The highest BCUT2D eigenvalue weighted by Gasteiger charge is 2.44. The molecule has 0 unspecified atom stereocenters. The average molecular weight is 256 g/mol. The number of ether oxygens (including phenoxy) is 1. The van der Waals surface area contributed by atoms with Crippen LogP contribution in [0.4, 0.5) is 8.78 Å². The quantitative estimate of drug-likeness (QED) is 0.827. The predicted octanol–water partition coefficient (Wildman–Crippen LogP) is 0.556. The second kappa shape index (κ2) is 4.99. The molecule has 2 rings (SSSR count). The van der Waals surface area contributed by atoms with E-state index in [-0.39, 0.29) is 37.8 Å². The molecule has 3 N–H and O–H groups in total. The molecule has 18 heavy (non-hydrogen) atoms. The van der Waals surface area contributed by atoms with Gasteiger partial charge in [-0.05, 0) is 18.2 Å². The molecule has 0 saturated carbocycles. The summed E-state index contributed by atoms with van der Waals surface area (Å²) in [5.74, 6) is -1.38. The molecule has 1 aromatic carbocycles. The van der Waals surface area contributed by atoms with E-state index in [0.29, 0.717) is 0 Å². The van der Waals surface area contributed by atoms with E-state index in [1.165, 1.54) is 0 Å². The van der Waals surface area contributed by atoms with E-state index in [0.717, 1.165) is 18.2 Å². The Morgan fingerprint density at radius 2 is 2.17 bits per heavy atom. The SMILES string of the molecule is NCC1(C(=O)NCc2cc(F)ccc2F)COC1. The van der Waals surface area contributed by atoms with Crippen LogP contribution in [-0.2, 0) is 16.1 Å². The molecule has 4 nitrogen and oxygen atoms in total. The van der Waals surface area contributed by atoms with Crippen molar-refractivity contribution in [2.24, 2.45) is 11.1 Å². The summed E-state index contributed by atoms with van der Waals surface area (Å²) in [7, 11) is 0. The Bertz CT molecular complexity index is 456. The van der Waals surface area contributed by atoms with Crippen molar-refractivity contribution in [1.29, 1.82) is 0 Å². The number of rotatable bonds is 4. The highest BCUT2D eigenvalue weighted by atomic mass is 19.1. The van der Waals surface area contributed by atoms with Gasteiger partial charge in [0.1, 0.15) is 17.0 Å². The fraction of sp³-hybridized carbons (Fsp3) is 0.417. The van der Waals surface area contributed by atoms with E-state index in [1.54, 1.807) is 0 Å². The molecule has 98 valence electrons. The van der Waals surface area contributed by atoms with E-state index >= 15 is 0 Å². The first kappa shape index (κ1) is 12.9. The van der Waals surface area contributed by atoms with Crippen molar-refractivity contribution in [3.8, 4) is 0 Å². The summed E-state index contributed by atoms with van der Waals surface area (Å²) in [6, 6.07) is 3.12. The second-order valence-corrected chi connectivity index (χ2v) is 4.40. The Balaban J connectivity index is 1.99. The average Bonchev–Trinajstić information content (AvgIpc) is 2.29. The molecule has 1 heterocycles. The molecule has 6 heteroatoms. The summed E-state index contributed by atoms with van der Waals surface area (Å²) in [6.07, 6.45) is 0. The van der Waals surface area contributed by atoms with Gasteiger partial charge in [0, 0.05) is 18.7 Å². The van der Waals surface area contributed by atoms with Gasteiger partial charge in [-0.2, -0.15) is 0 Å². The molecule has 0 radical (unpaired) electrons. The number of nitrogens with one attached hydrogen (secondary N) is 1. The first-order valence-electron chi connectivity index (χ1n) is 5.57. The zero-order valence-corrected chi connectivity index (χ0v) is 9.71. The lowest BCUT2D eigenvalue weighted by Gasteiger charge is -2.38. The summed E-state index contributed by atoms with van der Waals surface area (Å²) < 4.78 is 31.2. The lowest BCUT2D eigenvalue weighted by Crippen LogP contribution is -2.58. The van der Waals surface area contributed by atoms with Crippen LogP contribution in [0, 0.1) is 17.0 Å². The normalized spacial score (nSPS) is 17.1. The van der Waals surface area contributed by atoms with Gasteiger partial charge in [0.2, 0.25) is 5.91 Å². The van der Waals surface area contributed by atoms with E-state index in [1.807, 2.05) is 0 Å². The van der Waals surface area contributed by atoms with E-state index in [9.17, 15) is 13.6 Å².